The van der Waals surface area contributed by atoms with Crippen molar-refractivity contribution >= 4 is 7.12 Å². The molecule has 0 fully saturated rings. The molecule has 7 heteroatoms. The van der Waals surface area contributed by atoms with Crippen molar-refractivity contribution in [2.45, 2.75) is 80.1 Å². The first-order valence-corrected chi connectivity index (χ1v) is 10.8. The Labute approximate surface area is 169 Å². The molecular weight excluding hydrogens is 347 g/mol. The molecule has 0 aliphatic heterocycles. The number of nitrogens with zero attached hydrogens (tertiary/aromatic N) is 6. The topological polar surface area (TPSA) is 53.5 Å². The molecule has 0 N–H and O–H groups in total. The zero-order chi connectivity index (χ0) is 20.3. The van der Waals surface area contributed by atoms with Gasteiger partial charge in [-0.1, -0.05) is 41.5 Å². The van der Waals surface area contributed by atoms with Crippen LogP contribution in [0.1, 0.15) is 75.7 Å². The van der Waals surface area contributed by atoms with Crippen molar-refractivity contribution in [3.63, 3.8) is 0 Å². The summed E-state index contributed by atoms with van der Waals surface area (Å²) in [5, 5.41) is 0. The molecule has 28 heavy (non-hydrogen) atoms. The van der Waals surface area contributed by atoms with Crippen molar-refractivity contribution in [3.05, 3.63) is 53.1 Å². The summed E-state index contributed by atoms with van der Waals surface area (Å²) in [4.78, 5) is 14.2. The van der Waals surface area contributed by atoms with Gasteiger partial charge in [0.15, 0.2) is 0 Å². The highest BCUT2D eigenvalue weighted by Gasteiger charge is 2.32. The van der Waals surface area contributed by atoms with Crippen LogP contribution in [0, 0.1) is 0 Å². The summed E-state index contributed by atoms with van der Waals surface area (Å²) in [7, 11) is -0.0618. The smallest absolute Gasteiger partial charge is 0.338 e. The molecule has 0 aromatic carbocycles. The Kier molecular flexibility index (Phi) is 6.42. The molecule has 3 heterocycles. The summed E-state index contributed by atoms with van der Waals surface area (Å²) >= 11 is 0. The Morgan fingerprint density at radius 3 is 1.04 bits per heavy atom. The van der Waals surface area contributed by atoms with Gasteiger partial charge in [0, 0.05) is 17.1 Å². The van der Waals surface area contributed by atoms with Crippen molar-refractivity contribution < 1.29 is 0 Å². The lowest BCUT2D eigenvalue weighted by atomic mass is 9.88. The van der Waals surface area contributed by atoms with Gasteiger partial charge in [0.25, 0.3) is 0 Å². The fraction of sp³-hybridized carbons (Fsp3) is 0.571. The maximum atomic E-state index is 4.74. The van der Waals surface area contributed by atoms with E-state index in [2.05, 4.69) is 55.0 Å². The van der Waals surface area contributed by atoms with Gasteiger partial charge in [-0.25, -0.2) is 15.0 Å². The van der Waals surface area contributed by atoms with Gasteiger partial charge in [-0.05, 0) is 38.5 Å². The molecule has 3 aromatic heterocycles. The summed E-state index contributed by atoms with van der Waals surface area (Å²) in [5.41, 5.74) is 7.39. The van der Waals surface area contributed by atoms with E-state index in [1.165, 1.54) is 34.2 Å². The third-order valence-corrected chi connectivity index (χ3v) is 5.70. The van der Waals surface area contributed by atoms with Crippen LogP contribution in [0.4, 0.5) is 0 Å². The van der Waals surface area contributed by atoms with Gasteiger partial charge in [-0.2, -0.15) is 0 Å². The van der Waals surface area contributed by atoms with Gasteiger partial charge >= 0.3 is 7.12 Å². The van der Waals surface area contributed by atoms with Crippen molar-refractivity contribution in [1.29, 1.82) is 0 Å². The van der Waals surface area contributed by atoms with Crippen LogP contribution in [0.25, 0.3) is 0 Å². The first-order chi connectivity index (χ1) is 13.6. The molecule has 3 rings (SSSR count). The third-order valence-electron chi connectivity index (χ3n) is 5.70. The van der Waals surface area contributed by atoms with Crippen LogP contribution in [0.3, 0.4) is 0 Å². The van der Waals surface area contributed by atoms with Crippen molar-refractivity contribution in [2.24, 2.45) is 0 Å². The SMILES string of the molecule is CCc1ncn(B(n2cnc(CC)c2CC)n2cnc(CC)c2CC)c1CC. The average molecular weight is 380 g/mol. The van der Waals surface area contributed by atoms with Crippen LogP contribution < -0.4 is 0 Å². The number of imidazole rings is 3. The summed E-state index contributed by atoms with van der Waals surface area (Å²) in [5.74, 6) is 0. The van der Waals surface area contributed by atoms with Crippen LogP contribution in [0.5, 0.6) is 0 Å². The molecule has 0 spiro atoms. The van der Waals surface area contributed by atoms with Crippen molar-refractivity contribution in [1.82, 2.24) is 28.4 Å². The normalized spacial score (nSPS) is 11.4. The molecule has 0 amide bonds. The second-order valence-corrected chi connectivity index (χ2v) is 7.10. The zero-order valence-corrected chi connectivity index (χ0v) is 18.2. The molecule has 0 saturated carbocycles. The largest absolute Gasteiger partial charge is 0.520 e. The molecule has 0 radical (unpaired) electrons. The highest BCUT2D eigenvalue weighted by atomic mass is 15.3. The molecule has 0 atom stereocenters. The predicted octanol–water partition coefficient (Wildman–Crippen LogP) is 3.58. The molecule has 0 saturated heterocycles. The van der Waals surface area contributed by atoms with Gasteiger partial charge in [0.2, 0.25) is 0 Å². The molecule has 6 nitrogen and oxygen atoms in total. The zero-order valence-electron chi connectivity index (χ0n) is 18.2. The Balaban J connectivity index is 2.28. The van der Waals surface area contributed by atoms with Crippen molar-refractivity contribution in [3.8, 4) is 0 Å². The maximum Gasteiger partial charge on any atom is 0.520 e. The number of aromatic nitrogens is 6. The number of aryl methyl sites for hydroxylation is 3. The molecular formula is C21H33BN6. The van der Waals surface area contributed by atoms with Gasteiger partial charge in [-0.15, -0.1) is 0 Å². The van der Waals surface area contributed by atoms with Gasteiger partial charge < -0.3 is 13.4 Å². The van der Waals surface area contributed by atoms with E-state index in [9.17, 15) is 0 Å². The molecule has 0 aliphatic rings. The number of rotatable bonds is 9. The van der Waals surface area contributed by atoms with E-state index in [4.69, 9.17) is 15.0 Å². The Morgan fingerprint density at radius 2 is 0.821 bits per heavy atom. The summed E-state index contributed by atoms with van der Waals surface area (Å²) < 4.78 is 6.96. The Morgan fingerprint density at radius 1 is 0.536 bits per heavy atom. The second kappa shape index (κ2) is 8.80. The van der Waals surface area contributed by atoms with Crippen LogP contribution in [0.2, 0.25) is 0 Å². The van der Waals surface area contributed by atoms with Crippen LogP contribution in [0.15, 0.2) is 19.0 Å². The molecule has 3 aromatic rings. The standard InChI is InChI=1S/C21H33BN6/c1-7-16-19(10-4)26(13-23-16)22(27-14-24-17(8-2)20(27)11-5)28-15-25-18(9-3)21(28)12-6/h13-15H,7-12H2,1-6H3. The monoisotopic (exact) mass is 380 g/mol. The lowest BCUT2D eigenvalue weighted by Gasteiger charge is -2.23. The van der Waals surface area contributed by atoms with Gasteiger partial charge in [0.05, 0.1) is 36.1 Å². The predicted molar refractivity (Wildman–Crippen MR) is 115 cm³/mol. The summed E-state index contributed by atoms with van der Waals surface area (Å²) in [6.45, 7) is 13.2. The first-order valence-electron chi connectivity index (χ1n) is 10.8. The first kappa shape index (κ1) is 20.4. The summed E-state index contributed by atoms with van der Waals surface area (Å²) in [6, 6.07) is 0. The Bertz CT molecular complexity index is 800. The van der Waals surface area contributed by atoms with Crippen LogP contribution in [-0.4, -0.2) is 35.5 Å². The van der Waals surface area contributed by atoms with E-state index >= 15 is 0 Å². The van der Waals surface area contributed by atoms with Crippen LogP contribution in [-0.2, 0) is 38.5 Å². The van der Waals surface area contributed by atoms with E-state index in [1.54, 1.807) is 0 Å². The highest BCUT2D eigenvalue weighted by Crippen LogP contribution is 2.19. The Hall–Kier alpha value is -2.31. The summed E-state index contributed by atoms with van der Waals surface area (Å²) in [6.07, 6.45) is 11.7. The maximum absolute atomic E-state index is 4.74. The third kappa shape index (κ3) is 3.31. The van der Waals surface area contributed by atoms with Crippen molar-refractivity contribution in [2.75, 3.05) is 0 Å². The van der Waals surface area contributed by atoms with E-state index in [0.717, 1.165) is 38.5 Å². The fourth-order valence-corrected chi connectivity index (χ4v) is 4.32. The van der Waals surface area contributed by atoms with E-state index < -0.39 is 0 Å². The number of hydrogen-bond donors (Lipinski definition) is 0. The molecule has 150 valence electrons. The van der Waals surface area contributed by atoms with E-state index in [0.29, 0.717) is 0 Å². The second-order valence-electron chi connectivity index (χ2n) is 7.10. The van der Waals surface area contributed by atoms with E-state index in [1.807, 2.05) is 19.0 Å². The highest BCUT2D eigenvalue weighted by molar-refractivity contribution is 6.54. The minimum Gasteiger partial charge on any atom is -0.338 e. The molecule has 0 bridgehead atoms. The van der Waals surface area contributed by atoms with Gasteiger partial charge in [-0.3, -0.25) is 0 Å². The number of hydrogen-bond acceptors (Lipinski definition) is 3. The molecule has 0 aliphatic carbocycles. The quantitative estimate of drug-likeness (QED) is 0.533. The lowest BCUT2D eigenvalue weighted by Crippen LogP contribution is -2.43. The lowest BCUT2D eigenvalue weighted by molar-refractivity contribution is 0.833. The van der Waals surface area contributed by atoms with Crippen LogP contribution >= 0.6 is 0 Å². The average Bonchev–Trinajstić information content (AvgIpc) is 3.44. The minimum absolute atomic E-state index is 0.0618. The van der Waals surface area contributed by atoms with Gasteiger partial charge in [0.1, 0.15) is 0 Å². The van der Waals surface area contributed by atoms with E-state index in [-0.39, 0.29) is 7.12 Å². The fourth-order valence-electron chi connectivity index (χ4n) is 4.32. The minimum atomic E-state index is -0.0618. The molecule has 0 unspecified atom stereocenters.